The van der Waals surface area contributed by atoms with Crippen molar-refractivity contribution < 1.29 is 9.21 Å². The van der Waals surface area contributed by atoms with Crippen molar-refractivity contribution in [1.82, 2.24) is 5.32 Å². The first kappa shape index (κ1) is 14.6. The third-order valence-electron chi connectivity index (χ3n) is 3.60. The van der Waals surface area contributed by atoms with E-state index in [-0.39, 0.29) is 17.4 Å². The predicted octanol–water partition coefficient (Wildman–Crippen LogP) is 3.85. The minimum absolute atomic E-state index is 0.0361. The summed E-state index contributed by atoms with van der Waals surface area (Å²) < 4.78 is 5.77. The fraction of sp³-hybridized carbons (Fsp3) is 0.471. The normalized spacial score (nSPS) is 21.3. The molecule has 0 bridgehead atoms. The molecule has 3 nitrogen and oxygen atoms in total. The van der Waals surface area contributed by atoms with Gasteiger partial charge in [-0.15, -0.1) is 0 Å². The summed E-state index contributed by atoms with van der Waals surface area (Å²) in [5.74, 6) is 1.87. The van der Waals surface area contributed by atoms with E-state index in [9.17, 15) is 4.79 Å². The van der Waals surface area contributed by atoms with Crippen molar-refractivity contribution in [3.8, 4) is 0 Å². The van der Waals surface area contributed by atoms with Crippen molar-refractivity contribution >= 4 is 5.91 Å². The number of carbonyl (C=O) groups excluding carboxylic acids is 1. The molecular weight excluding hydrogens is 250 g/mol. The summed E-state index contributed by atoms with van der Waals surface area (Å²) in [6.45, 7) is 8.30. The Hall–Kier alpha value is -1.77. The van der Waals surface area contributed by atoms with Gasteiger partial charge in [-0.1, -0.05) is 32.1 Å². The van der Waals surface area contributed by atoms with Crippen LogP contribution in [0.4, 0.5) is 0 Å². The Morgan fingerprint density at radius 3 is 2.90 bits per heavy atom. The number of furan rings is 1. The van der Waals surface area contributed by atoms with E-state index in [4.69, 9.17) is 4.42 Å². The second-order valence-electron chi connectivity index (χ2n) is 6.23. The van der Waals surface area contributed by atoms with Crippen LogP contribution in [0.3, 0.4) is 0 Å². The summed E-state index contributed by atoms with van der Waals surface area (Å²) in [6, 6.07) is 2.08. The van der Waals surface area contributed by atoms with Crippen LogP contribution in [0.15, 0.2) is 34.8 Å². The molecule has 0 saturated carbocycles. The third-order valence-corrected chi connectivity index (χ3v) is 3.60. The summed E-state index contributed by atoms with van der Waals surface area (Å²) in [5.41, 5.74) is 1.28. The van der Waals surface area contributed by atoms with Crippen LogP contribution in [0.25, 0.3) is 0 Å². The lowest BCUT2D eigenvalue weighted by Gasteiger charge is -2.34. The largest absolute Gasteiger partial charge is 0.466 e. The number of rotatable bonds is 3. The minimum atomic E-state index is -0.0596. The van der Waals surface area contributed by atoms with Crippen LogP contribution < -0.4 is 5.32 Å². The summed E-state index contributed by atoms with van der Waals surface area (Å²) in [7, 11) is 0. The highest BCUT2D eigenvalue weighted by Gasteiger charge is 2.35. The quantitative estimate of drug-likeness (QED) is 0.671. The SMILES string of the molecule is C/C=C/C=C/C(=O)N[C@H]1CC(C)(C)Cc2oc(C)cc21. The first-order valence-electron chi connectivity index (χ1n) is 7.10. The minimum Gasteiger partial charge on any atom is -0.466 e. The smallest absolute Gasteiger partial charge is 0.244 e. The highest BCUT2D eigenvalue weighted by Crippen LogP contribution is 2.41. The molecule has 1 heterocycles. The lowest BCUT2D eigenvalue weighted by Crippen LogP contribution is -2.35. The average Bonchev–Trinajstić information content (AvgIpc) is 2.68. The molecule has 0 saturated heterocycles. The van der Waals surface area contributed by atoms with Gasteiger partial charge in [0.25, 0.3) is 0 Å². The molecule has 108 valence electrons. The number of carbonyl (C=O) groups is 1. The van der Waals surface area contributed by atoms with Crippen LogP contribution in [0.5, 0.6) is 0 Å². The van der Waals surface area contributed by atoms with Gasteiger partial charge in [-0.05, 0) is 31.7 Å². The first-order valence-corrected chi connectivity index (χ1v) is 7.10. The van der Waals surface area contributed by atoms with Crippen molar-refractivity contribution in [2.45, 2.75) is 46.6 Å². The molecule has 1 aliphatic carbocycles. The van der Waals surface area contributed by atoms with Crippen LogP contribution in [0.2, 0.25) is 0 Å². The van der Waals surface area contributed by atoms with Crippen molar-refractivity contribution in [2.75, 3.05) is 0 Å². The summed E-state index contributed by atoms with van der Waals surface area (Å²) in [4.78, 5) is 12.0. The van der Waals surface area contributed by atoms with E-state index in [0.717, 1.165) is 29.9 Å². The van der Waals surface area contributed by atoms with Crippen LogP contribution >= 0.6 is 0 Å². The van der Waals surface area contributed by atoms with Crippen LogP contribution in [0, 0.1) is 12.3 Å². The molecule has 0 unspecified atom stereocenters. The second kappa shape index (κ2) is 5.70. The number of nitrogens with one attached hydrogen (secondary N) is 1. The Kier molecular flexibility index (Phi) is 4.17. The number of aryl methyl sites for hydroxylation is 1. The van der Waals surface area contributed by atoms with Gasteiger partial charge in [0.15, 0.2) is 0 Å². The van der Waals surface area contributed by atoms with Gasteiger partial charge in [0.05, 0.1) is 6.04 Å². The van der Waals surface area contributed by atoms with E-state index in [1.165, 1.54) is 0 Å². The lowest BCUT2D eigenvalue weighted by molar-refractivity contribution is -0.117. The van der Waals surface area contributed by atoms with Crippen molar-refractivity contribution in [1.29, 1.82) is 0 Å². The van der Waals surface area contributed by atoms with Gasteiger partial charge in [0.1, 0.15) is 11.5 Å². The zero-order valence-corrected chi connectivity index (χ0v) is 12.7. The Labute approximate surface area is 120 Å². The van der Waals surface area contributed by atoms with Crippen LogP contribution in [-0.2, 0) is 11.2 Å². The molecule has 0 radical (unpaired) electrons. The van der Waals surface area contributed by atoms with E-state index in [0.29, 0.717) is 0 Å². The average molecular weight is 273 g/mol. The monoisotopic (exact) mass is 273 g/mol. The standard InChI is InChI=1S/C17H23NO2/c1-5-6-7-8-16(19)18-14-10-17(3,4)11-15-13(14)9-12(2)20-15/h5-9,14H,10-11H2,1-4H3,(H,18,19)/b6-5+,8-7+/t14-/m0/s1. The lowest BCUT2D eigenvalue weighted by atomic mass is 9.74. The number of fused-ring (bicyclic) bond motifs is 1. The fourth-order valence-electron chi connectivity index (χ4n) is 2.79. The molecule has 1 N–H and O–H groups in total. The van der Waals surface area contributed by atoms with Crippen LogP contribution in [-0.4, -0.2) is 5.91 Å². The van der Waals surface area contributed by atoms with Crippen molar-refractivity contribution in [3.05, 3.63) is 47.5 Å². The number of amides is 1. The van der Waals surface area contributed by atoms with Crippen molar-refractivity contribution in [2.24, 2.45) is 5.41 Å². The predicted molar refractivity (Wildman–Crippen MR) is 80.4 cm³/mol. The molecule has 0 aliphatic heterocycles. The third kappa shape index (κ3) is 3.41. The molecule has 0 spiro atoms. The topological polar surface area (TPSA) is 42.2 Å². The summed E-state index contributed by atoms with van der Waals surface area (Å²) in [6.07, 6.45) is 8.92. The maximum absolute atomic E-state index is 12.0. The Balaban J connectivity index is 2.16. The summed E-state index contributed by atoms with van der Waals surface area (Å²) in [5, 5.41) is 3.08. The molecule has 0 aromatic carbocycles. The van der Waals surface area contributed by atoms with Gasteiger partial charge in [0.2, 0.25) is 5.91 Å². The van der Waals surface area contributed by atoms with Gasteiger partial charge in [-0.3, -0.25) is 4.79 Å². The zero-order chi connectivity index (χ0) is 14.8. The molecule has 1 amide bonds. The molecule has 3 heteroatoms. The second-order valence-corrected chi connectivity index (χ2v) is 6.23. The molecular formula is C17H23NO2. The highest BCUT2D eigenvalue weighted by atomic mass is 16.3. The molecule has 0 fully saturated rings. The Morgan fingerprint density at radius 1 is 1.45 bits per heavy atom. The molecule has 20 heavy (non-hydrogen) atoms. The van der Waals surface area contributed by atoms with Gasteiger partial charge in [-0.2, -0.15) is 0 Å². The van der Waals surface area contributed by atoms with Crippen LogP contribution in [0.1, 0.15) is 50.3 Å². The van der Waals surface area contributed by atoms with E-state index in [1.807, 2.05) is 32.1 Å². The molecule has 1 atom stereocenters. The molecule has 1 aromatic heterocycles. The highest BCUT2D eigenvalue weighted by molar-refractivity contribution is 5.88. The molecule has 1 aromatic rings. The van der Waals surface area contributed by atoms with E-state index >= 15 is 0 Å². The first-order chi connectivity index (χ1) is 9.41. The number of allylic oxidation sites excluding steroid dienone is 3. The maximum atomic E-state index is 12.0. The zero-order valence-electron chi connectivity index (χ0n) is 12.7. The van der Waals surface area contributed by atoms with Gasteiger partial charge < -0.3 is 9.73 Å². The molecule has 2 rings (SSSR count). The molecule has 1 aliphatic rings. The Morgan fingerprint density at radius 2 is 2.20 bits per heavy atom. The van der Waals surface area contributed by atoms with E-state index < -0.39 is 0 Å². The maximum Gasteiger partial charge on any atom is 0.244 e. The Bertz CT molecular complexity index is 549. The van der Waals surface area contributed by atoms with Gasteiger partial charge in [-0.25, -0.2) is 0 Å². The fourth-order valence-corrected chi connectivity index (χ4v) is 2.79. The van der Waals surface area contributed by atoms with E-state index in [2.05, 4.69) is 19.2 Å². The summed E-state index contributed by atoms with van der Waals surface area (Å²) >= 11 is 0. The van der Waals surface area contributed by atoms with Crippen molar-refractivity contribution in [3.63, 3.8) is 0 Å². The number of hydrogen-bond donors (Lipinski definition) is 1. The number of hydrogen-bond acceptors (Lipinski definition) is 2. The van der Waals surface area contributed by atoms with E-state index in [1.54, 1.807) is 12.2 Å². The van der Waals surface area contributed by atoms with Gasteiger partial charge in [0, 0.05) is 18.1 Å². The van der Waals surface area contributed by atoms with Gasteiger partial charge >= 0.3 is 0 Å².